The Balaban J connectivity index is 0.000000111. The molecule has 0 spiro atoms. The second-order valence-corrected chi connectivity index (χ2v) is 39.4. The van der Waals surface area contributed by atoms with E-state index in [1.807, 2.05) is 254 Å². The van der Waals surface area contributed by atoms with Crippen LogP contribution < -0.4 is 9.47 Å². The Bertz CT molecular complexity index is 7760. The first kappa shape index (κ1) is 100. The van der Waals surface area contributed by atoms with Crippen LogP contribution in [-0.4, -0.2) is 230 Å². The van der Waals surface area contributed by atoms with Crippen molar-refractivity contribution in [2.24, 2.45) is 18.9 Å². The molecule has 18 aromatic rings. The standard InChI is InChI=1S/C21H21ClN2O.C20H22N4O2.C19H19ClN4O.C19H20N4O2.C18H15ClFN3.C18H18N4O/c1-23-14-19(15-6-5-7-17(22)12-15)18-9-8-16(13-20(18)23)21(25)24-10-3-2-4-11-24;1-14-7-9-23(10-8-14)20(25)15-11-18-19(21-12-15)24(13-22-18)16-3-5-17(26-2)6-4-16;1-13-4-7-23(8-5-13)19(25)14-9-16-17(20)12-24(18(16)22-10-14)15-3-2-6-21-11-15;1-25-16-7-5-15(6-8-16)23-13-21-17-11-14(12-20-18(17)23)19(24)22-9-3-2-4-10-22;1-12(22-9-15(20)10-22)13-5-6-18-17(7-13)21-11-23(18)16-4-2-3-14(19)8-16;23-18(21-9-4-1-5-10-21)15-12-14-7-11-22(17(14)20-13-15)16-6-2-3-8-19-16/h5-9,12-14H,2-4,10-11H2,1H3;3-6,11-14H,7-10H2,1-2H3;2-3,6,9-13H,4-5,7-8H2,1H3;5-8,11-13H,2-4,9-10H2,1H3;2-8,11,15H,1,9-10H2;2-3,6-8,11-13H,1,4-5,9-10H2. The summed E-state index contributed by atoms with van der Waals surface area (Å²) in [5, 5.41) is 4.87. The number of hydrogen-bond acceptors (Lipinski definition) is 17. The van der Waals surface area contributed by atoms with Gasteiger partial charge in [0.25, 0.3) is 29.5 Å². The maximum atomic E-state index is 13.0. The van der Waals surface area contributed by atoms with E-state index in [1.54, 1.807) is 76.6 Å². The first-order chi connectivity index (χ1) is 71.6. The van der Waals surface area contributed by atoms with Crippen LogP contribution in [0.4, 0.5) is 4.39 Å². The summed E-state index contributed by atoms with van der Waals surface area (Å²) in [7, 11) is 5.31. The van der Waals surface area contributed by atoms with E-state index in [-0.39, 0.29) is 29.5 Å². The summed E-state index contributed by atoms with van der Waals surface area (Å²) >= 11 is 18.6. The SMILES string of the molecule is C=C(c1ccc2c(c1)ncn2-c1cccc(Cl)c1)N1CC(F)C1.CC1CCN(C(=O)c2cnc3c(c2)c(Cl)cn3-c2cccnc2)CC1.COc1ccc(-n2cnc3cc(C(=O)N4CCC(C)CC4)cnc32)cc1.COc1ccc(-n2cnc3cc(C(=O)N4CCCCC4)cnc32)cc1.Cn1cc(-c2cccc(Cl)c2)c2ccc(C(=O)N3CCCCC3)cc21.O=C(c1cnc2c(ccn2-c2ccccn2)c1)N1CCCCC1. The number of piperidine rings is 5. The molecule has 18 heterocycles. The zero-order chi connectivity index (χ0) is 102. The number of aromatic nitrogens is 15. The molecule has 147 heavy (non-hydrogen) atoms. The van der Waals surface area contributed by atoms with E-state index >= 15 is 0 Å². The third-order valence-electron chi connectivity index (χ3n) is 28.0. The van der Waals surface area contributed by atoms with Gasteiger partial charge in [0.05, 0.1) is 77.5 Å². The van der Waals surface area contributed by atoms with Gasteiger partial charge >= 0.3 is 0 Å². The summed E-state index contributed by atoms with van der Waals surface area (Å²) in [5.74, 6) is 4.17. The van der Waals surface area contributed by atoms with Crippen molar-refractivity contribution in [3.63, 3.8) is 0 Å². The van der Waals surface area contributed by atoms with Crippen molar-refractivity contribution in [2.45, 2.75) is 103 Å². The van der Waals surface area contributed by atoms with Crippen LogP contribution in [-0.2, 0) is 7.05 Å². The first-order valence-electron chi connectivity index (χ1n) is 50.2. The minimum absolute atomic E-state index is 0.0338. The predicted octanol–water partition coefficient (Wildman–Crippen LogP) is 22.8. The number of carbonyl (C=O) groups is 5. The third kappa shape index (κ3) is 23.0. The molecule has 0 radical (unpaired) electrons. The van der Waals surface area contributed by atoms with Gasteiger partial charge in [0.15, 0.2) is 11.3 Å². The lowest BCUT2D eigenvalue weighted by Gasteiger charge is -2.37. The van der Waals surface area contributed by atoms with Crippen LogP contribution in [0.3, 0.4) is 0 Å². The molecule has 24 rings (SSSR count). The molecule has 750 valence electrons. The summed E-state index contributed by atoms with van der Waals surface area (Å²) in [6, 6.07) is 62.0. The lowest BCUT2D eigenvalue weighted by Crippen LogP contribution is -2.46. The van der Waals surface area contributed by atoms with Gasteiger partial charge < -0.3 is 43.4 Å². The first-order valence-corrected chi connectivity index (χ1v) is 51.3. The van der Waals surface area contributed by atoms with Crippen LogP contribution in [0.5, 0.6) is 11.5 Å². The van der Waals surface area contributed by atoms with Crippen LogP contribution >= 0.6 is 34.8 Å². The number of halogens is 4. The van der Waals surface area contributed by atoms with Crippen molar-refractivity contribution in [1.29, 1.82) is 0 Å². The number of alkyl halides is 1. The fraction of sp³-hybridized carbons (Fsp3) is 0.287. The molecule has 0 aliphatic carbocycles. The average molecular weight is 2030 g/mol. The second-order valence-electron chi connectivity index (χ2n) is 38.1. The van der Waals surface area contributed by atoms with Gasteiger partial charge in [-0.3, -0.25) is 51.8 Å². The van der Waals surface area contributed by atoms with Gasteiger partial charge in [0.1, 0.15) is 64.8 Å². The molecule has 0 saturated carbocycles. The number of likely N-dealkylation sites (tertiary alicyclic amines) is 6. The maximum absolute atomic E-state index is 13.0. The van der Waals surface area contributed by atoms with Gasteiger partial charge in [-0.05, 0) is 264 Å². The number of nitrogens with zero attached hydrogens (tertiary/aromatic N) is 21. The van der Waals surface area contributed by atoms with Crippen LogP contribution in [0.2, 0.25) is 15.1 Å². The Hall–Kier alpha value is -15.5. The zero-order valence-corrected chi connectivity index (χ0v) is 85.1. The maximum Gasteiger partial charge on any atom is 0.255 e. The van der Waals surface area contributed by atoms with Gasteiger partial charge in [-0.25, -0.2) is 44.3 Å². The largest absolute Gasteiger partial charge is 0.497 e. The molecule has 6 aliphatic heterocycles. The van der Waals surface area contributed by atoms with Crippen molar-refractivity contribution in [3.05, 3.63) is 330 Å². The Morgan fingerprint density at radius 1 is 0.374 bits per heavy atom. The number of aryl methyl sites for hydroxylation is 1. The van der Waals surface area contributed by atoms with Gasteiger partial charge in [0, 0.05) is 194 Å². The Morgan fingerprint density at radius 3 is 1.39 bits per heavy atom. The average Bonchev–Trinajstić information content (AvgIpc) is 1.68. The molecule has 6 aromatic carbocycles. The minimum atomic E-state index is -0.738. The molecule has 0 unspecified atom stereocenters. The number of methoxy groups -OCH3 is 2. The van der Waals surface area contributed by atoms with E-state index < -0.39 is 6.17 Å². The summed E-state index contributed by atoms with van der Waals surface area (Å²) in [6.45, 7) is 17.8. The van der Waals surface area contributed by atoms with Crippen LogP contribution in [0.25, 0.3) is 112 Å². The fourth-order valence-electron chi connectivity index (χ4n) is 19.5. The number of hydrogen-bond donors (Lipinski definition) is 0. The van der Waals surface area contributed by atoms with Gasteiger partial charge in [-0.15, -0.1) is 0 Å². The second kappa shape index (κ2) is 45.9. The smallest absolute Gasteiger partial charge is 0.255 e. The number of rotatable bonds is 15. The monoisotopic (exact) mass is 2030 g/mol. The third-order valence-corrected chi connectivity index (χ3v) is 28.8. The van der Waals surface area contributed by atoms with E-state index in [1.165, 1.54) is 19.3 Å². The topological polar surface area (TPSA) is 269 Å². The molecule has 32 heteroatoms. The highest BCUT2D eigenvalue weighted by atomic mass is 35.5. The fourth-order valence-corrected chi connectivity index (χ4v) is 20.1. The number of benzene rings is 6. The van der Waals surface area contributed by atoms with Gasteiger partial charge in [0.2, 0.25) is 0 Å². The molecule has 5 amide bonds. The highest BCUT2D eigenvalue weighted by Crippen LogP contribution is 2.37. The number of ether oxygens (including phenoxy) is 2. The van der Waals surface area contributed by atoms with Crippen molar-refractivity contribution in [1.82, 2.24) is 102 Å². The van der Waals surface area contributed by atoms with Crippen molar-refractivity contribution in [2.75, 3.05) is 92.8 Å². The molecular formula is C115H115Cl3FN21O7. The molecule has 12 aromatic heterocycles. The highest BCUT2D eigenvalue weighted by molar-refractivity contribution is 6.35. The lowest BCUT2D eigenvalue weighted by atomic mass is 9.99. The Kier molecular flexibility index (Phi) is 31.3. The van der Waals surface area contributed by atoms with Gasteiger partial charge in [-0.1, -0.05) is 91.6 Å². The van der Waals surface area contributed by atoms with Crippen LogP contribution in [0.1, 0.15) is 155 Å². The van der Waals surface area contributed by atoms with Crippen LogP contribution in [0.15, 0.2) is 282 Å². The lowest BCUT2D eigenvalue weighted by molar-refractivity contribution is 0.0689. The van der Waals surface area contributed by atoms with Crippen LogP contribution in [0, 0.1) is 11.8 Å². The Labute approximate surface area is 866 Å². The molecule has 6 aliphatic rings. The molecule has 0 bridgehead atoms. The summed E-state index contributed by atoms with van der Waals surface area (Å²) in [4.78, 5) is 115. The number of pyridine rings is 6. The summed E-state index contributed by atoms with van der Waals surface area (Å²) in [6.07, 6.45) is 36.7. The highest BCUT2D eigenvalue weighted by Gasteiger charge is 2.31. The Morgan fingerprint density at radius 2 is 0.864 bits per heavy atom. The van der Waals surface area contributed by atoms with Crippen molar-refractivity contribution >= 4 is 136 Å². The molecule has 6 fully saturated rings. The number of amides is 5. The number of carbonyl (C=O) groups excluding carboxylic acids is 5. The summed E-state index contributed by atoms with van der Waals surface area (Å²) < 4.78 is 35.1. The van der Waals surface area contributed by atoms with E-state index in [0.29, 0.717) is 57.2 Å². The number of fused-ring (bicyclic) bond motifs is 6. The predicted molar refractivity (Wildman–Crippen MR) is 576 cm³/mol. The normalized spacial score (nSPS) is 15.1. The molecule has 28 nitrogen and oxygen atoms in total. The van der Waals surface area contributed by atoms with E-state index in [0.717, 1.165) is 269 Å². The van der Waals surface area contributed by atoms with E-state index in [2.05, 4.69) is 88.2 Å². The van der Waals surface area contributed by atoms with E-state index in [9.17, 15) is 28.4 Å². The molecule has 0 N–H and O–H groups in total. The summed E-state index contributed by atoms with van der Waals surface area (Å²) in [5.41, 5.74) is 18.4. The quantitative estimate of drug-likeness (QED) is 0.0922. The number of imidazole rings is 3. The van der Waals surface area contributed by atoms with Gasteiger partial charge in [-0.2, -0.15) is 0 Å². The zero-order valence-electron chi connectivity index (χ0n) is 82.9. The van der Waals surface area contributed by atoms with Crippen molar-refractivity contribution in [3.8, 4) is 51.2 Å². The van der Waals surface area contributed by atoms with Crippen molar-refractivity contribution < 1.29 is 37.8 Å². The van der Waals surface area contributed by atoms with E-state index in [4.69, 9.17) is 44.3 Å². The molecular weight excluding hydrogens is 1910 g/mol. The minimum Gasteiger partial charge on any atom is -0.497 e. The molecule has 6 saturated heterocycles. The molecule has 0 atom stereocenters.